The molecule has 1 fully saturated rings. The van der Waals surface area contributed by atoms with Crippen molar-refractivity contribution >= 4 is 5.97 Å². The van der Waals surface area contributed by atoms with Crippen molar-refractivity contribution in [2.75, 3.05) is 13.1 Å². The number of nitrogens with zero attached hydrogens (tertiary/aromatic N) is 4. The number of likely N-dealkylation sites (tertiary alicyclic amines) is 1. The number of piperidine rings is 1. The molecule has 114 valence electrons. The normalized spacial score (nSPS) is 19.0. The minimum Gasteiger partial charge on any atom is -0.477 e. The van der Waals surface area contributed by atoms with Crippen molar-refractivity contribution in [3.8, 4) is 0 Å². The summed E-state index contributed by atoms with van der Waals surface area (Å²) in [6.45, 7) is 2.58. The summed E-state index contributed by atoms with van der Waals surface area (Å²) in [6, 6.07) is 7.11. The fourth-order valence-electron chi connectivity index (χ4n) is 2.90. The molecule has 6 heteroatoms. The molecule has 1 aliphatic rings. The number of carboxylic acid groups (broad SMARTS) is 1. The van der Waals surface area contributed by atoms with Gasteiger partial charge in [0.05, 0.1) is 5.69 Å². The molecule has 2 aromatic rings. The lowest BCUT2D eigenvalue weighted by Gasteiger charge is -2.32. The van der Waals surface area contributed by atoms with Gasteiger partial charge in [0.15, 0.2) is 0 Å². The van der Waals surface area contributed by atoms with Crippen LogP contribution in [0.3, 0.4) is 0 Å². The molecular weight excluding hydrogens is 280 g/mol. The van der Waals surface area contributed by atoms with E-state index in [0.717, 1.165) is 37.3 Å². The molecule has 1 atom stereocenters. The molecule has 1 unspecified atom stereocenters. The molecule has 3 rings (SSSR count). The summed E-state index contributed by atoms with van der Waals surface area (Å²) < 4.78 is 0. The summed E-state index contributed by atoms with van der Waals surface area (Å²) in [7, 11) is 0. The summed E-state index contributed by atoms with van der Waals surface area (Å²) in [4.78, 5) is 25.8. The van der Waals surface area contributed by atoms with E-state index in [1.807, 2.05) is 12.1 Å². The minimum absolute atomic E-state index is 0.0989. The number of pyridine rings is 1. The van der Waals surface area contributed by atoms with Crippen molar-refractivity contribution in [1.82, 2.24) is 19.9 Å². The van der Waals surface area contributed by atoms with Crippen molar-refractivity contribution in [2.24, 2.45) is 0 Å². The molecule has 1 aliphatic heterocycles. The van der Waals surface area contributed by atoms with Gasteiger partial charge in [-0.3, -0.25) is 4.90 Å². The quantitative estimate of drug-likeness (QED) is 0.929. The third kappa shape index (κ3) is 3.46. The molecule has 6 nitrogen and oxygen atoms in total. The maximum absolute atomic E-state index is 11.0. The fourth-order valence-corrected chi connectivity index (χ4v) is 2.90. The maximum atomic E-state index is 11.0. The van der Waals surface area contributed by atoms with Gasteiger partial charge < -0.3 is 5.11 Å². The molecule has 2 aromatic heterocycles. The molecule has 0 aromatic carbocycles. The molecule has 22 heavy (non-hydrogen) atoms. The zero-order valence-corrected chi connectivity index (χ0v) is 12.2. The zero-order valence-electron chi connectivity index (χ0n) is 12.2. The average Bonchev–Trinajstić information content (AvgIpc) is 2.56. The van der Waals surface area contributed by atoms with Crippen LogP contribution < -0.4 is 0 Å². The third-order valence-corrected chi connectivity index (χ3v) is 3.94. The van der Waals surface area contributed by atoms with Crippen LogP contribution in [0.4, 0.5) is 0 Å². The highest BCUT2D eigenvalue weighted by molar-refractivity contribution is 5.85. The monoisotopic (exact) mass is 298 g/mol. The number of aromatic carboxylic acids is 1. The number of hydrogen-bond acceptors (Lipinski definition) is 5. The molecule has 0 aliphatic carbocycles. The van der Waals surface area contributed by atoms with Crippen LogP contribution in [0.1, 0.15) is 40.6 Å². The van der Waals surface area contributed by atoms with Gasteiger partial charge in [0.2, 0.25) is 0 Å². The lowest BCUT2D eigenvalue weighted by molar-refractivity contribution is 0.0689. The van der Waals surface area contributed by atoms with Crippen molar-refractivity contribution < 1.29 is 9.90 Å². The first-order valence-electron chi connectivity index (χ1n) is 7.40. The lowest BCUT2D eigenvalue weighted by atomic mass is 9.94. The summed E-state index contributed by atoms with van der Waals surface area (Å²) in [5.74, 6) is -0.584. The van der Waals surface area contributed by atoms with Crippen molar-refractivity contribution in [3.05, 3.63) is 53.9 Å². The molecule has 3 heterocycles. The van der Waals surface area contributed by atoms with Crippen LogP contribution in [0, 0.1) is 0 Å². The number of carbonyl (C=O) groups is 1. The van der Waals surface area contributed by atoms with E-state index in [1.54, 1.807) is 18.6 Å². The second kappa shape index (κ2) is 6.62. The lowest BCUT2D eigenvalue weighted by Crippen LogP contribution is -2.34. The Kier molecular flexibility index (Phi) is 4.39. The first-order valence-corrected chi connectivity index (χ1v) is 7.40. The van der Waals surface area contributed by atoms with Crippen LogP contribution in [0.25, 0.3) is 0 Å². The van der Waals surface area contributed by atoms with Gasteiger partial charge in [-0.1, -0.05) is 6.07 Å². The van der Waals surface area contributed by atoms with E-state index in [9.17, 15) is 4.79 Å². The van der Waals surface area contributed by atoms with Gasteiger partial charge in [0.1, 0.15) is 12.0 Å². The molecule has 1 saturated heterocycles. The first kappa shape index (κ1) is 14.6. The highest BCUT2D eigenvalue weighted by Crippen LogP contribution is 2.25. The predicted molar refractivity (Wildman–Crippen MR) is 80.5 cm³/mol. The topological polar surface area (TPSA) is 79.2 Å². The Morgan fingerprint density at radius 2 is 2.27 bits per heavy atom. The van der Waals surface area contributed by atoms with Gasteiger partial charge in [-0.05, 0) is 37.6 Å². The summed E-state index contributed by atoms with van der Waals surface area (Å²) in [6.07, 6.45) is 5.59. The van der Waals surface area contributed by atoms with Crippen LogP contribution in [0.2, 0.25) is 0 Å². The van der Waals surface area contributed by atoms with Crippen LogP contribution in [0.5, 0.6) is 0 Å². The van der Waals surface area contributed by atoms with Crippen molar-refractivity contribution in [2.45, 2.75) is 25.3 Å². The average molecular weight is 298 g/mol. The molecule has 0 saturated carbocycles. The van der Waals surface area contributed by atoms with E-state index < -0.39 is 5.97 Å². The number of rotatable bonds is 4. The summed E-state index contributed by atoms with van der Waals surface area (Å²) >= 11 is 0. The van der Waals surface area contributed by atoms with Crippen LogP contribution >= 0.6 is 0 Å². The number of carboxylic acids is 1. The zero-order chi connectivity index (χ0) is 15.4. The van der Waals surface area contributed by atoms with E-state index in [-0.39, 0.29) is 5.69 Å². The Hall–Kier alpha value is -2.34. The minimum atomic E-state index is -0.987. The largest absolute Gasteiger partial charge is 0.477 e. The third-order valence-electron chi connectivity index (χ3n) is 3.94. The van der Waals surface area contributed by atoms with Crippen molar-refractivity contribution in [1.29, 1.82) is 0 Å². The van der Waals surface area contributed by atoms with Crippen molar-refractivity contribution in [3.63, 3.8) is 0 Å². The maximum Gasteiger partial charge on any atom is 0.354 e. The Labute approximate surface area is 128 Å². The highest BCUT2D eigenvalue weighted by atomic mass is 16.4. The summed E-state index contributed by atoms with van der Waals surface area (Å²) in [5, 5.41) is 9.02. The second-order valence-corrected chi connectivity index (χ2v) is 5.53. The van der Waals surface area contributed by atoms with Gasteiger partial charge in [-0.15, -0.1) is 0 Å². The standard InChI is InChI=1S/C16H18N4O2/c21-16(22)15-5-1-4-13(19-15)10-20-8-2-3-12(9-20)14-6-7-17-11-18-14/h1,4-7,11-12H,2-3,8-10H2,(H,21,22). The van der Waals surface area contributed by atoms with E-state index in [4.69, 9.17) is 5.11 Å². The van der Waals surface area contributed by atoms with E-state index in [1.165, 1.54) is 6.07 Å². The van der Waals surface area contributed by atoms with Gasteiger partial charge >= 0.3 is 5.97 Å². The first-order chi connectivity index (χ1) is 10.7. The van der Waals surface area contributed by atoms with E-state index in [2.05, 4.69) is 19.9 Å². The number of hydrogen-bond donors (Lipinski definition) is 1. The smallest absolute Gasteiger partial charge is 0.354 e. The molecule has 0 amide bonds. The summed E-state index contributed by atoms with van der Waals surface area (Å²) in [5.41, 5.74) is 1.97. The van der Waals surface area contributed by atoms with Crippen LogP contribution in [-0.2, 0) is 6.54 Å². The SMILES string of the molecule is O=C(O)c1cccc(CN2CCCC(c3ccncn3)C2)n1. The van der Waals surface area contributed by atoms with Crippen LogP contribution in [0.15, 0.2) is 36.8 Å². The number of aromatic nitrogens is 3. The predicted octanol–water partition coefficient (Wildman–Crippen LogP) is 1.95. The van der Waals surface area contributed by atoms with Gasteiger partial charge in [0, 0.05) is 30.9 Å². The Morgan fingerprint density at radius 3 is 3.05 bits per heavy atom. The molecule has 0 spiro atoms. The molecule has 1 N–H and O–H groups in total. The van der Waals surface area contributed by atoms with Gasteiger partial charge in [-0.2, -0.15) is 0 Å². The van der Waals surface area contributed by atoms with Gasteiger partial charge in [0.25, 0.3) is 0 Å². The Morgan fingerprint density at radius 1 is 1.36 bits per heavy atom. The molecule has 0 bridgehead atoms. The highest BCUT2D eigenvalue weighted by Gasteiger charge is 2.22. The Bertz CT molecular complexity index is 648. The molecular formula is C16H18N4O2. The van der Waals surface area contributed by atoms with E-state index in [0.29, 0.717) is 12.5 Å². The fraction of sp³-hybridized carbons (Fsp3) is 0.375. The molecule has 0 radical (unpaired) electrons. The Balaban J connectivity index is 1.68. The van der Waals surface area contributed by atoms with Crippen LogP contribution in [-0.4, -0.2) is 44.0 Å². The van der Waals surface area contributed by atoms with Gasteiger partial charge in [-0.25, -0.2) is 19.7 Å². The second-order valence-electron chi connectivity index (χ2n) is 5.53. The van der Waals surface area contributed by atoms with E-state index >= 15 is 0 Å².